The molecule has 0 spiro atoms. The summed E-state index contributed by atoms with van der Waals surface area (Å²) in [5.74, 6) is 1.69. The summed E-state index contributed by atoms with van der Waals surface area (Å²) in [7, 11) is 3.27. The van der Waals surface area contributed by atoms with E-state index in [2.05, 4.69) is 29.0 Å². The SMILES string of the molecule is COc1ccc(-c2cnc3[nH]cc(C4=CCN(C(=O)c5cccs5)CC4C)c3c2)cc1OC. The van der Waals surface area contributed by atoms with Crippen LogP contribution in [0.15, 0.2) is 60.2 Å². The second-order valence-corrected chi connectivity index (χ2v) is 9.09. The third-order valence-corrected chi connectivity index (χ3v) is 6.99. The molecule has 0 radical (unpaired) electrons. The Bertz CT molecular complexity index is 1340. The molecule has 33 heavy (non-hydrogen) atoms. The quantitative estimate of drug-likeness (QED) is 0.429. The van der Waals surface area contributed by atoms with Crippen molar-refractivity contribution < 1.29 is 14.3 Å². The molecule has 4 aromatic rings. The predicted octanol–water partition coefficient (Wildman–Crippen LogP) is 5.48. The Morgan fingerprint density at radius 2 is 2.00 bits per heavy atom. The van der Waals surface area contributed by atoms with Crippen LogP contribution in [0.2, 0.25) is 0 Å². The molecule has 3 aromatic heterocycles. The average molecular weight is 460 g/mol. The topological polar surface area (TPSA) is 67.5 Å². The van der Waals surface area contributed by atoms with Gasteiger partial charge >= 0.3 is 0 Å². The number of ether oxygens (including phenoxy) is 2. The number of H-pyrrole nitrogens is 1. The summed E-state index contributed by atoms with van der Waals surface area (Å²) in [4.78, 5) is 23.5. The lowest BCUT2D eigenvalue weighted by Gasteiger charge is -2.31. The van der Waals surface area contributed by atoms with Gasteiger partial charge in [0, 0.05) is 42.0 Å². The van der Waals surface area contributed by atoms with Crippen LogP contribution in [0.1, 0.15) is 22.2 Å². The van der Waals surface area contributed by atoms with E-state index in [9.17, 15) is 4.79 Å². The molecule has 0 saturated heterocycles. The van der Waals surface area contributed by atoms with Crippen molar-refractivity contribution in [1.82, 2.24) is 14.9 Å². The number of aromatic nitrogens is 2. The van der Waals surface area contributed by atoms with E-state index in [0.29, 0.717) is 24.6 Å². The molecule has 0 bridgehead atoms. The summed E-state index contributed by atoms with van der Waals surface area (Å²) in [6.07, 6.45) is 6.06. The Hall–Kier alpha value is -3.58. The van der Waals surface area contributed by atoms with Crippen LogP contribution in [-0.4, -0.2) is 48.1 Å². The van der Waals surface area contributed by atoms with Gasteiger partial charge in [-0.25, -0.2) is 4.98 Å². The maximum Gasteiger partial charge on any atom is 0.264 e. The number of rotatable bonds is 5. The minimum atomic E-state index is 0.100. The number of nitrogens with zero attached hydrogens (tertiary/aromatic N) is 2. The van der Waals surface area contributed by atoms with Gasteiger partial charge in [-0.1, -0.05) is 25.1 Å². The zero-order valence-corrected chi connectivity index (χ0v) is 19.6. The average Bonchev–Trinajstić information content (AvgIpc) is 3.53. The maximum atomic E-state index is 12.8. The molecule has 7 heteroatoms. The molecule has 1 N–H and O–H groups in total. The van der Waals surface area contributed by atoms with Crippen LogP contribution in [0.5, 0.6) is 11.5 Å². The van der Waals surface area contributed by atoms with Gasteiger partial charge in [0.05, 0.1) is 19.1 Å². The van der Waals surface area contributed by atoms with E-state index in [1.54, 1.807) is 14.2 Å². The third-order valence-electron chi connectivity index (χ3n) is 6.13. The Morgan fingerprint density at radius 1 is 1.15 bits per heavy atom. The number of benzene rings is 1. The molecule has 1 atom stereocenters. The first kappa shape index (κ1) is 21.3. The van der Waals surface area contributed by atoms with Crippen molar-refractivity contribution in [3.63, 3.8) is 0 Å². The fourth-order valence-corrected chi connectivity index (χ4v) is 5.12. The van der Waals surface area contributed by atoms with E-state index in [1.807, 2.05) is 53.0 Å². The number of aromatic amines is 1. The van der Waals surface area contributed by atoms with Gasteiger partial charge in [0.25, 0.3) is 5.91 Å². The lowest BCUT2D eigenvalue weighted by Crippen LogP contribution is -2.37. The lowest BCUT2D eigenvalue weighted by atomic mass is 9.90. The normalized spacial score (nSPS) is 16.0. The molecule has 168 valence electrons. The van der Waals surface area contributed by atoms with Crippen molar-refractivity contribution in [3.8, 4) is 22.6 Å². The van der Waals surface area contributed by atoms with Gasteiger partial charge in [-0.15, -0.1) is 11.3 Å². The number of carbonyl (C=O) groups excluding carboxylic acids is 1. The molecular formula is C26H25N3O3S. The van der Waals surface area contributed by atoms with Crippen molar-refractivity contribution in [2.24, 2.45) is 5.92 Å². The molecular weight excluding hydrogens is 434 g/mol. The molecule has 0 saturated carbocycles. The molecule has 1 unspecified atom stereocenters. The minimum absolute atomic E-state index is 0.100. The van der Waals surface area contributed by atoms with E-state index >= 15 is 0 Å². The zero-order valence-electron chi connectivity index (χ0n) is 18.8. The van der Waals surface area contributed by atoms with E-state index in [0.717, 1.165) is 32.6 Å². The highest BCUT2D eigenvalue weighted by Crippen LogP contribution is 2.36. The lowest BCUT2D eigenvalue weighted by molar-refractivity contribution is 0.0761. The number of hydrogen-bond acceptors (Lipinski definition) is 5. The molecule has 4 heterocycles. The first-order valence-corrected chi connectivity index (χ1v) is 11.7. The van der Waals surface area contributed by atoms with Gasteiger partial charge in [-0.2, -0.15) is 0 Å². The summed E-state index contributed by atoms with van der Waals surface area (Å²) < 4.78 is 10.8. The Morgan fingerprint density at radius 3 is 2.73 bits per heavy atom. The number of methoxy groups -OCH3 is 2. The van der Waals surface area contributed by atoms with Crippen LogP contribution in [-0.2, 0) is 0 Å². The molecule has 1 amide bonds. The largest absolute Gasteiger partial charge is 0.493 e. The summed E-state index contributed by atoms with van der Waals surface area (Å²) in [5, 5.41) is 3.01. The highest BCUT2D eigenvalue weighted by atomic mass is 32.1. The fraction of sp³-hybridized carbons (Fsp3) is 0.231. The maximum absolute atomic E-state index is 12.8. The van der Waals surface area contributed by atoms with Crippen molar-refractivity contribution in [3.05, 3.63) is 70.7 Å². The second-order valence-electron chi connectivity index (χ2n) is 8.14. The van der Waals surface area contributed by atoms with E-state index in [-0.39, 0.29) is 11.8 Å². The molecule has 1 aliphatic rings. The summed E-state index contributed by atoms with van der Waals surface area (Å²) in [6.45, 7) is 3.47. The van der Waals surface area contributed by atoms with E-state index < -0.39 is 0 Å². The second kappa shape index (κ2) is 8.75. The van der Waals surface area contributed by atoms with Gasteiger partial charge in [0.1, 0.15) is 5.65 Å². The summed E-state index contributed by atoms with van der Waals surface area (Å²) >= 11 is 1.49. The van der Waals surface area contributed by atoms with Gasteiger partial charge in [0.15, 0.2) is 11.5 Å². The predicted molar refractivity (Wildman–Crippen MR) is 132 cm³/mol. The molecule has 0 aliphatic carbocycles. The zero-order chi connectivity index (χ0) is 22.9. The Balaban J connectivity index is 1.48. The van der Waals surface area contributed by atoms with Crippen molar-refractivity contribution >= 4 is 33.9 Å². The smallest absolute Gasteiger partial charge is 0.264 e. The van der Waals surface area contributed by atoms with E-state index in [4.69, 9.17) is 9.47 Å². The molecule has 1 aromatic carbocycles. The number of nitrogens with one attached hydrogen (secondary N) is 1. The number of thiophene rings is 1. The van der Waals surface area contributed by atoms with Crippen LogP contribution < -0.4 is 9.47 Å². The Kier molecular flexibility index (Phi) is 5.64. The Labute approximate surface area is 196 Å². The number of amides is 1. The van der Waals surface area contributed by atoms with Gasteiger partial charge in [0.2, 0.25) is 0 Å². The van der Waals surface area contributed by atoms with E-state index in [1.165, 1.54) is 16.9 Å². The number of pyridine rings is 1. The summed E-state index contributed by atoms with van der Waals surface area (Å²) in [6, 6.07) is 11.8. The first-order chi connectivity index (χ1) is 16.1. The minimum Gasteiger partial charge on any atom is -0.493 e. The molecule has 5 rings (SSSR count). The fourth-order valence-electron chi connectivity index (χ4n) is 4.43. The number of hydrogen-bond donors (Lipinski definition) is 1. The molecule has 1 aliphatic heterocycles. The van der Waals surface area contributed by atoms with Crippen molar-refractivity contribution in [1.29, 1.82) is 0 Å². The standard InChI is InChI=1S/C26H25N3O3S/c1-16-15-29(26(30)24-5-4-10-33-24)9-8-19(16)21-14-28-25-20(21)11-18(13-27-25)17-6-7-22(31-2)23(12-17)32-3/h4-8,10-14,16H,9,15H2,1-3H3,(H,27,28). The molecule has 6 nitrogen and oxygen atoms in total. The first-order valence-electron chi connectivity index (χ1n) is 10.8. The van der Waals surface area contributed by atoms with Crippen LogP contribution in [0.4, 0.5) is 0 Å². The van der Waals surface area contributed by atoms with Crippen LogP contribution in [0.25, 0.3) is 27.7 Å². The monoisotopic (exact) mass is 459 g/mol. The van der Waals surface area contributed by atoms with Crippen LogP contribution in [0.3, 0.4) is 0 Å². The van der Waals surface area contributed by atoms with Crippen molar-refractivity contribution in [2.75, 3.05) is 27.3 Å². The van der Waals surface area contributed by atoms with Crippen LogP contribution in [0, 0.1) is 5.92 Å². The highest BCUT2D eigenvalue weighted by Gasteiger charge is 2.26. The highest BCUT2D eigenvalue weighted by molar-refractivity contribution is 7.12. The van der Waals surface area contributed by atoms with Crippen LogP contribution >= 0.6 is 11.3 Å². The van der Waals surface area contributed by atoms with Gasteiger partial charge in [-0.05, 0) is 46.7 Å². The number of fused-ring (bicyclic) bond motifs is 1. The summed E-state index contributed by atoms with van der Waals surface area (Å²) in [5.41, 5.74) is 5.23. The molecule has 0 fully saturated rings. The number of carbonyl (C=O) groups is 1. The van der Waals surface area contributed by atoms with Gasteiger partial charge < -0.3 is 19.4 Å². The van der Waals surface area contributed by atoms with Gasteiger partial charge in [-0.3, -0.25) is 4.79 Å². The third kappa shape index (κ3) is 3.89. The van der Waals surface area contributed by atoms with Crippen molar-refractivity contribution in [2.45, 2.75) is 6.92 Å².